The van der Waals surface area contributed by atoms with E-state index in [0.717, 1.165) is 38.1 Å². The van der Waals surface area contributed by atoms with Crippen LogP contribution in [0.25, 0.3) is 0 Å². The summed E-state index contributed by atoms with van der Waals surface area (Å²) < 4.78 is 5.25. The molecule has 1 aliphatic carbocycles. The molecule has 1 N–H and O–H groups in total. The van der Waals surface area contributed by atoms with E-state index in [4.69, 9.17) is 4.74 Å². The summed E-state index contributed by atoms with van der Waals surface area (Å²) in [6.07, 6.45) is 3.16. The molecule has 0 radical (unpaired) electrons. The fraction of sp³-hybridized carbons (Fsp3) is 0.533. The normalized spacial score (nSPS) is 22.4. The van der Waals surface area contributed by atoms with Crippen LogP contribution in [-0.4, -0.2) is 32.1 Å². The Morgan fingerprint density at radius 1 is 1.37 bits per heavy atom. The highest BCUT2D eigenvalue weighted by molar-refractivity contribution is 5.81. The van der Waals surface area contributed by atoms with Gasteiger partial charge in [0.25, 0.3) is 0 Å². The van der Waals surface area contributed by atoms with Crippen molar-refractivity contribution in [1.82, 2.24) is 5.32 Å². The van der Waals surface area contributed by atoms with E-state index in [1.54, 1.807) is 7.11 Å². The Morgan fingerprint density at radius 3 is 2.95 bits per heavy atom. The Kier molecular flexibility index (Phi) is 3.32. The van der Waals surface area contributed by atoms with Crippen LogP contribution in [0.15, 0.2) is 24.3 Å². The third kappa shape index (κ3) is 2.83. The summed E-state index contributed by atoms with van der Waals surface area (Å²) >= 11 is 0. The monoisotopic (exact) mass is 260 g/mol. The van der Waals surface area contributed by atoms with Crippen molar-refractivity contribution in [2.75, 3.05) is 25.1 Å². The van der Waals surface area contributed by atoms with Crippen LogP contribution in [0.5, 0.6) is 5.75 Å². The van der Waals surface area contributed by atoms with Crippen molar-refractivity contribution in [2.24, 2.45) is 5.92 Å². The fourth-order valence-corrected chi connectivity index (χ4v) is 2.58. The van der Waals surface area contributed by atoms with Gasteiger partial charge in [0, 0.05) is 36.8 Å². The number of carbonyl (C=O) groups excluding carboxylic acids is 1. The van der Waals surface area contributed by atoms with E-state index in [1.807, 2.05) is 18.2 Å². The summed E-state index contributed by atoms with van der Waals surface area (Å²) in [5, 5.41) is 3.16. The lowest BCUT2D eigenvalue weighted by atomic mass is 10.2. The van der Waals surface area contributed by atoms with Gasteiger partial charge in [-0.05, 0) is 31.4 Å². The molecule has 1 heterocycles. The first-order valence-corrected chi connectivity index (χ1v) is 6.95. The van der Waals surface area contributed by atoms with Gasteiger partial charge in [0.15, 0.2) is 0 Å². The number of rotatable bonds is 4. The van der Waals surface area contributed by atoms with E-state index < -0.39 is 0 Å². The molecule has 1 unspecified atom stereocenters. The summed E-state index contributed by atoms with van der Waals surface area (Å²) in [7, 11) is 1.68. The highest BCUT2D eigenvalue weighted by Gasteiger charge is 2.32. The van der Waals surface area contributed by atoms with Gasteiger partial charge in [-0.15, -0.1) is 0 Å². The lowest BCUT2D eigenvalue weighted by molar-refractivity contribution is -0.122. The molecule has 0 aromatic heterocycles. The Labute approximate surface area is 113 Å². The van der Waals surface area contributed by atoms with Gasteiger partial charge in [0.1, 0.15) is 5.75 Å². The van der Waals surface area contributed by atoms with Gasteiger partial charge >= 0.3 is 0 Å². The largest absolute Gasteiger partial charge is 0.497 e. The number of hydrogen-bond donors (Lipinski definition) is 1. The predicted octanol–water partition coefficient (Wildman–Crippen LogP) is 1.80. The molecule has 2 aliphatic rings. The van der Waals surface area contributed by atoms with Crippen LogP contribution in [0.1, 0.15) is 19.3 Å². The second-order valence-corrected chi connectivity index (χ2v) is 5.42. The summed E-state index contributed by atoms with van der Waals surface area (Å²) in [6, 6.07) is 8.38. The molecular weight excluding hydrogens is 240 g/mol. The van der Waals surface area contributed by atoms with Crippen LogP contribution >= 0.6 is 0 Å². The Balaban J connectivity index is 1.59. The van der Waals surface area contributed by atoms with Gasteiger partial charge in [0.05, 0.1) is 7.11 Å². The van der Waals surface area contributed by atoms with Crippen LogP contribution in [0.4, 0.5) is 5.69 Å². The molecule has 19 heavy (non-hydrogen) atoms. The average molecular weight is 260 g/mol. The Bertz CT molecular complexity index is 471. The van der Waals surface area contributed by atoms with E-state index in [0.29, 0.717) is 12.0 Å². The Hall–Kier alpha value is -1.71. The van der Waals surface area contributed by atoms with Crippen molar-refractivity contribution in [2.45, 2.75) is 25.3 Å². The van der Waals surface area contributed by atoms with Gasteiger partial charge in [0.2, 0.25) is 5.91 Å². The lowest BCUT2D eigenvalue weighted by Crippen LogP contribution is -2.37. The van der Waals surface area contributed by atoms with Gasteiger partial charge in [-0.3, -0.25) is 4.79 Å². The first kappa shape index (κ1) is 12.3. The second-order valence-electron chi connectivity index (χ2n) is 5.42. The predicted molar refractivity (Wildman–Crippen MR) is 74.5 cm³/mol. The summed E-state index contributed by atoms with van der Waals surface area (Å²) in [4.78, 5) is 14.1. The van der Waals surface area contributed by atoms with Crippen molar-refractivity contribution in [3.05, 3.63) is 24.3 Å². The van der Waals surface area contributed by atoms with E-state index in [9.17, 15) is 4.79 Å². The molecule has 1 atom stereocenters. The molecule has 1 aliphatic heterocycles. The lowest BCUT2D eigenvalue weighted by Gasteiger charge is -2.19. The van der Waals surface area contributed by atoms with Crippen LogP contribution in [0.2, 0.25) is 0 Å². The second kappa shape index (κ2) is 5.11. The molecule has 1 aromatic rings. The van der Waals surface area contributed by atoms with Crippen LogP contribution in [-0.2, 0) is 4.79 Å². The SMILES string of the molecule is COc1cccc(N2CCC(NC(=O)C3CC3)C2)c1. The van der Waals surface area contributed by atoms with Gasteiger partial charge in [-0.25, -0.2) is 0 Å². The first-order valence-electron chi connectivity index (χ1n) is 6.95. The van der Waals surface area contributed by atoms with Gasteiger partial charge in [-0.1, -0.05) is 6.07 Å². The summed E-state index contributed by atoms with van der Waals surface area (Å²) in [5.74, 6) is 1.42. The van der Waals surface area contributed by atoms with Crippen molar-refractivity contribution in [3.8, 4) is 5.75 Å². The molecule has 4 heteroatoms. The zero-order chi connectivity index (χ0) is 13.2. The molecule has 0 spiro atoms. The maximum Gasteiger partial charge on any atom is 0.223 e. The third-order valence-electron chi connectivity index (χ3n) is 3.90. The molecule has 1 aromatic carbocycles. The third-order valence-corrected chi connectivity index (χ3v) is 3.90. The molecule has 2 fully saturated rings. The molecule has 3 rings (SSSR count). The van der Waals surface area contributed by atoms with Crippen molar-refractivity contribution < 1.29 is 9.53 Å². The number of anilines is 1. The smallest absolute Gasteiger partial charge is 0.223 e. The van der Waals surface area contributed by atoms with Crippen molar-refractivity contribution in [3.63, 3.8) is 0 Å². The number of nitrogens with zero attached hydrogens (tertiary/aromatic N) is 1. The standard InChI is InChI=1S/C15H20N2O2/c1-19-14-4-2-3-13(9-14)17-8-7-12(10-17)16-15(18)11-5-6-11/h2-4,9,11-12H,5-8,10H2,1H3,(H,16,18). The molecule has 1 amide bonds. The number of benzene rings is 1. The molecule has 1 saturated heterocycles. The molecule has 1 saturated carbocycles. The fourth-order valence-electron chi connectivity index (χ4n) is 2.58. The number of ether oxygens (including phenoxy) is 1. The topological polar surface area (TPSA) is 41.6 Å². The summed E-state index contributed by atoms with van der Waals surface area (Å²) in [6.45, 7) is 1.88. The number of hydrogen-bond acceptors (Lipinski definition) is 3. The number of methoxy groups -OCH3 is 1. The molecule has 4 nitrogen and oxygen atoms in total. The van der Waals surface area contributed by atoms with Crippen LogP contribution in [0, 0.1) is 5.92 Å². The van der Waals surface area contributed by atoms with E-state index in [-0.39, 0.29) is 5.91 Å². The zero-order valence-corrected chi connectivity index (χ0v) is 11.3. The highest BCUT2D eigenvalue weighted by Crippen LogP contribution is 2.30. The summed E-state index contributed by atoms with van der Waals surface area (Å²) in [5.41, 5.74) is 1.17. The molecular formula is C15H20N2O2. The number of amides is 1. The maximum absolute atomic E-state index is 11.8. The van der Waals surface area contributed by atoms with E-state index >= 15 is 0 Å². The van der Waals surface area contributed by atoms with Gasteiger partial charge in [-0.2, -0.15) is 0 Å². The van der Waals surface area contributed by atoms with Crippen molar-refractivity contribution >= 4 is 11.6 Å². The quantitative estimate of drug-likeness (QED) is 0.897. The number of carbonyl (C=O) groups is 1. The Morgan fingerprint density at radius 2 is 2.21 bits per heavy atom. The van der Waals surface area contributed by atoms with Crippen molar-refractivity contribution in [1.29, 1.82) is 0 Å². The van der Waals surface area contributed by atoms with E-state index in [1.165, 1.54) is 5.69 Å². The minimum atomic E-state index is 0.248. The van der Waals surface area contributed by atoms with Crippen LogP contribution < -0.4 is 15.0 Å². The first-order chi connectivity index (χ1) is 9.26. The van der Waals surface area contributed by atoms with Crippen LogP contribution in [0.3, 0.4) is 0 Å². The minimum absolute atomic E-state index is 0.248. The van der Waals surface area contributed by atoms with E-state index in [2.05, 4.69) is 16.3 Å². The minimum Gasteiger partial charge on any atom is -0.497 e. The highest BCUT2D eigenvalue weighted by atomic mass is 16.5. The molecule has 0 bridgehead atoms. The zero-order valence-electron chi connectivity index (χ0n) is 11.3. The molecule has 102 valence electrons. The number of nitrogens with one attached hydrogen (secondary N) is 1. The maximum atomic E-state index is 11.8. The average Bonchev–Trinajstić information content (AvgIpc) is 3.20. The van der Waals surface area contributed by atoms with Gasteiger partial charge < -0.3 is 15.0 Å².